The van der Waals surface area contributed by atoms with Crippen molar-refractivity contribution in [2.75, 3.05) is 0 Å². The first-order chi connectivity index (χ1) is 8.20. The summed E-state index contributed by atoms with van der Waals surface area (Å²) in [6.45, 7) is 0. The van der Waals surface area contributed by atoms with Crippen LogP contribution in [0.3, 0.4) is 0 Å². The van der Waals surface area contributed by atoms with Crippen molar-refractivity contribution in [3.63, 3.8) is 0 Å². The fourth-order valence-electron chi connectivity index (χ4n) is 1.53. The van der Waals surface area contributed by atoms with E-state index >= 15 is 0 Å². The summed E-state index contributed by atoms with van der Waals surface area (Å²) in [5.74, 6) is 0.226. The first kappa shape index (κ1) is 11.5. The third kappa shape index (κ3) is 2.57. The standard InChI is InChI=1S/C13H10ClNO2/c14-13-7-10(1-2-11(13)8-15-17)9-3-5-12(16)6-4-9/h1-8,16-17H. The minimum absolute atomic E-state index is 0.226. The van der Waals surface area contributed by atoms with Gasteiger partial charge in [-0.25, -0.2) is 0 Å². The second kappa shape index (κ2) is 4.89. The van der Waals surface area contributed by atoms with Crippen LogP contribution in [0.1, 0.15) is 5.56 Å². The van der Waals surface area contributed by atoms with Gasteiger partial charge in [-0.15, -0.1) is 0 Å². The molecule has 0 atom stereocenters. The van der Waals surface area contributed by atoms with E-state index in [1.165, 1.54) is 6.21 Å². The van der Waals surface area contributed by atoms with Crippen molar-refractivity contribution in [1.82, 2.24) is 0 Å². The molecule has 0 radical (unpaired) electrons. The lowest BCUT2D eigenvalue weighted by atomic mass is 10.0. The van der Waals surface area contributed by atoms with Gasteiger partial charge >= 0.3 is 0 Å². The van der Waals surface area contributed by atoms with Crippen LogP contribution in [0.15, 0.2) is 47.6 Å². The van der Waals surface area contributed by atoms with Crippen molar-refractivity contribution in [2.45, 2.75) is 0 Å². The first-order valence-corrected chi connectivity index (χ1v) is 5.35. The number of nitrogens with zero attached hydrogens (tertiary/aromatic N) is 1. The molecule has 0 fully saturated rings. The predicted molar refractivity (Wildman–Crippen MR) is 67.9 cm³/mol. The van der Waals surface area contributed by atoms with Crippen molar-refractivity contribution in [2.24, 2.45) is 5.16 Å². The highest BCUT2D eigenvalue weighted by Gasteiger charge is 2.02. The highest BCUT2D eigenvalue weighted by atomic mass is 35.5. The lowest BCUT2D eigenvalue weighted by Gasteiger charge is -2.04. The summed E-state index contributed by atoms with van der Waals surface area (Å²) in [5.41, 5.74) is 2.54. The Morgan fingerprint density at radius 2 is 1.65 bits per heavy atom. The lowest BCUT2D eigenvalue weighted by Crippen LogP contribution is -1.85. The molecule has 17 heavy (non-hydrogen) atoms. The van der Waals surface area contributed by atoms with Crippen LogP contribution in [-0.2, 0) is 0 Å². The summed E-state index contributed by atoms with van der Waals surface area (Å²) in [5, 5.41) is 21.1. The van der Waals surface area contributed by atoms with Crippen LogP contribution in [0.4, 0.5) is 0 Å². The minimum atomic E-state index is 0.226. The molecule has 0 bridgehead atoms. The largest absolute Gasteiger partial charge is 0.508 e. The van der Waals surface area contributed by atoms with Crippen molar-refractivity contribution < 1.29 is 10.3 Å². The summed E-state index contributed by atoms with van der Waals surface area (Å²) < 4.78 is 0. The number of aromatic hydroxyl groups is 1. The Balaban J connectivity index is 2.40. The highest BCUT2D eigenvalue weighted by molar-refractivity contribution is 6.33. The second-order valence-corrected chi connectivity index (χ2v) is 3.93. The van der Waals surface area contributed by atoms with E-state index in [1.54, 1.807) is 36.4 Å². The van der Waals surface area contributed by atoms with Crippen LogP contribution < -0.4 is 0 Å². The summed E-state index contributed by atoms with van der Waals surface area (Å²) >= 11 is 6.04. The first-order valence-electron chi connectivity index (χ1n) is 4.97. The minimum Gasteiger partial charge on any atom is -0.508 e. The van der Waals surface area contributed by atoms with Crippen LogP contribution in [0, 0.1) is 0 Å². The zero-order valence-corrected chi connectivity index (χ0v) is 9.59. The molecule has 2 rings (SSSR count). The molecule has 0 heterocycles. The Labute approximate surface area is 104 Å². The summed E-state index contributed by atoms with van der Waals surface area (Å²) in [6, 6.07) is 12.3. The molecule has 4 heteroatoms. The fourth-order valence-corrected chi connectivity index (χ4v) is 1.76. The molecule has 0 aromatic heterocycles. The number of phenolic OH excluding ortho intramolecular Hbond substituents is 1. The van der Waals surface area contributed by atoms with Crippen LogP contribution in [0.2, 0.25) is 5.02 Å². The molecule has 2 N–H and O–H groups in total. The molecule has 2 aromatic carbocycles. The molecule has 0 amide bonds. The Bertz CT molecular complexity index is 550. The van der Waals surface area contributed by atoms with Gasteiger partial charge in [-0.2, -0.15) is 0 Å². The second-order valence-electron chi connectivity index (χ2n) is 3.53. The monoisotopic (exact) mass is 247 g/mol. The van der Waals surface area contributed by atoms with Crippen LogP contribution in [0.25, 0.3) is 11.1 Å². The van der Waals surface area contributed by atoms with Gasteiger partial charge in [0.2, 0.25) is 0 Å². The Kier molecular flexibility index (Phi) is 3.30. The average molecular weight is 248 g/mol. The molecule has 0 saturated heterocycles. The van der Waals surface area contributed by atoms with Gasteiger partial charge < -0.3 is 10.3 Å². The van der Waals surface area contributed by atoms with Gasteiger partial charge in [-0.3, -0.25) is 0 Å². The van der Waals surface area contributed by atoms with Crippen LogP contribution >= 0.6 is 11.6 Å². The lowest BCUT2D eigenvalue weighted by molar-refractivity contribution is 0.322. The van der Waals surface area contributed by atoms with Gasteiger partial charge in [0, 0.05) is 5.56 Å². The SMILES string of the molecule is ON=Cc1ccc(-c2ccc(O)cc2)cc1Cl. The number of phenols is 1. The van der Waals surface area contributed by atoms with Gasteiger partial charge in [-0.1, -0.05) is 41.0 Å². The zero-order valence-electron chi connectivity index (χ0n) is 8.84. The average Bonchev–Trinajstić information content (AvgIpc) is 2.33. The molecule has 2 aromatic rings. The maximum absolute atomic E-state index is 9.20. The summed E-state index contributed by atoms with van der Waals surface area (Å²) in [4.78, 5) is 0. The predicted octanol–water partition coefficient (Wildman–Crippen LogP) is 3.52. The normalized spacial score (nSPS) is 10.9. The molecule has 86 valence electrons. The molecule has 0 aliphatic heterocycles. The van der Waals surface area contributed by atoms with Gasteiger partial charge in [0.05, 0.1) is 11.2 Å². The van der Waals surface area contributed by atoms with Gasteiger partial charge in [0.1, 0.15) is 5.75 Å². The van der Waals surface area contributed by atoms with E-state index in [0.29, 0.717) is 10.6 Å². The van der Waals surface area contributed by atoms with Gasteiger partial charge in [0.25, 0.3) is 0 Å². The Morgan fingerprint density at radius 3 is 2.24 bits per heavy atom. The molecule has 3 nitrogen and oxygen atoms in total. The van der Waals surface area contributed by atoms with Gasteiger partial charge in [0.15, 0.2) is 0 Å². The van der Waals surface area contributed by atoms with Gasteiger partial charge in [-0.05, 0) is 29.3 Å². The quantitative estimate of drug-likeness (QED) is 0.485. The topological polar surface area (TPSA) is 52.8 Å². The number of halogens is 1. The van der Waals surface area contributed by atoms with Crippen molar-refractivity contribution in [3.05, 3.63) is 53.1 Å². The third-order valence-corrected chi connectivity index (χ3v) is 2.73. The molecule has 0 aliphatic rings. The number of oxime groups is 1. The number of hydrogen-bond donors (Lipinski definition) is 2. The van der Waals surface area contributed by atoms with E-state index in [-0.39, 0.29) is 5.75 Å². The van der Waals surface area contributed by atoms with E-state index in [2.05, 4.69) is 5.16 Å². The van der Waals surface area contributed by atoms with E-state index in [0.717, 1.165) is 11.1 Å². The molecular formula is C13H10ClNO2. The maximum Gasteiger partial charge on any atom is 0.115 e. The Hall–Kier alpha value is -2.00. The molecule has 0 saturated carbocycles. The zero-order chi connectivity index (χ0) is 12.3. The Morgan fingerprint density at radius 1 is 1.00 bits per heavy atom. The number of hydrogen-bond acceptors (Lipinski definition) is 3. The molecular weight excluding hydrogens is 238 g/mol. The van der Waals surface area contributed by atoms with E-state index < -0.39 is 0 Å². The molecule has 0 spiro atoms. The fraction of sp³-hybridized carbons (Fsp3) is 0. The number of rotatable bonds is 2. The molecule has 0 aliphatic carbocycles. The van der Waals surface area contributed by atoms with Crippen LogP contribution in [-0.4, -0.2) is 16.5 Å². The maximum atomic E-state index is 9.20. The van der Waals surface area contributed by atoms with Crippen molar-refractivity contribution in [1.29, 1.82) is 0 Å². The van der Waals surface area contributed by atoms with E-state index in [9.17, 15) is 5.11 Å². The smallest absolute Gasteiger partial charge is 0.115 e. The molecule has 0 unspecified atom stereocenters. The van der Waals surface area contributed by atoms with E-state index in [4.69, 9.17) is 16.8 Å². The number of benzene rings is 2. The van der Waals surface area contributed by atoms with Crippen molar-refractivity contribution in [3.8, 4) is 16.9 Å². The third-order valence-electron chi connectivity index (χ3n) is 2.40. The van der Waals surface area contributed by atoms with Crippen molar-refractivity contribution >= 4 is 17.8 Å². The highest BCUT2D eigenvalue weighted by Crippen LogP contribution is 2.26. The van der Waals surface area contributed by atoms with Crippen LogP contribution in [0.5, 0.6) is 5.75 Å². The van der Waals surface area contributed by atoms with E-state index in [1.807, 2.05) is 6.07 Å². The summed E-state index contributed by atoms with van der Waals surface area (Å²) in [7, 11) is 0. The summed E-state index contributed by atoms with van der Waals surface area (Å²) in [6.07, 6.45) is 1.28.